The highest BCUT2D eigenvalue weighted by Gasteiger charge is 2.37. The van der Waals surface area contributed by atoms with Crippen LogP contribution in [0.1, 0.15) is 25.0 Å². The van der Waals surface area contributed by atoms with Gasteiger partial charge in [0.15, 0.2) is 5.82 Å². The number of nitrogens with zero attached hydrogens (tertiary/aromatic N) is 2. The monoisotopic (exact) mass is 640 g/mol. The molecule has 0 spiro atoms. The van der Waals surface area contributed by atoms with E-state index in [2.05, 4.69) is 141 Å². The van der Waals surface area contributed by atoms with Crippen LogP contribution < -0.4 is 0 Å². The number of benzene rings is 7. The lowest BCUT2D eigenvalue weighted by atomic mass is 9.81. The number of furan rings is 1. The number of hydrogen-bond donors (Lipinski definition) is 0. The summed E-state index contributed by atoms with van der Waals surface area (Å²) in [6, 6.07) is 55.7. The van der Waals surface area contributed by atoms with Gasteiger partial charge in [-0.2, -0.15) is 0 Å². The summed E-state index contributed by atoms with van der Waals surface area (Å²) in [6.07, 6.45) is 0. The van der Waals surface area contributed by atoms with Gasteiger partial charge in [-0.25, -0.2) is 9.97 Å². The van der Waals surface area contributed by atoms with Crippen molar-refractivity contribution in [3.05, 3.63) is 169 Å². The molecule has 0 saturated carbocycles. The standard InChI is InChI=1S/C47H32N2O/c1-47(2)39-24-13-23-37(44(39)38-26-30-16-6-7-17-31(30)27-40(38)47)42-28-41(48-46(49-42)29-14-4-3-5-15-29)33-19-9-8-18-32(33)35-21-12-22-36-34-20-10-11-25-43(34)50-45(35)36/h3-28H,1-2H3. The van der Waals surface area contributed by atoms with Crippen molar-refractivity contribution in [1.29, 1.82) is 0 Å². The quantitative estimate of drug-likeness (QED) is 0.192. The van der Waals surface area contributed by atoms with Crippen LogP contribution in [-0.4, -0.2) is 9.97 Å². The van der Waals surface area contributed by atoms with E-state index in [1.165, 1.54) is 33.0 Å². The smallest absolute Gasteiger partial charge is 0.160 e. The highest BCUT2D eigenvalue weighted by molar-refractivity contribution is 6.10. The molecule has 7 aromatic carbocycles. The van der Waals surface area contributed by atoms with Gasteiger partial charge in [0.25, 0.3) is 0 Å². The first-order valence-corrected chi connectivity index (χ1v) is 17.2. The Kier molecular flexibility index (Phi) is 6.22. The summed E-state index contributed by atoms with van der Waals surface area (Å²) in [6.45, 7) is 4.68. The minimum absolute atomic E-state index is 0.152. The van der Waals surface area contributed by atoms with E-state index in [0.29, 0.717) is 5.82 Å². The van der Waals surface area contributed by atoms with E-state index in [-0.39, 0.29) is 5.41 Å². The normalized spacial score (nSPS) is 13.2. The second-order valence-corrected chi connectivity index (χ2v) is 13.8. The lowest BCUT2D eigenvalue weighted by molar-refractivity contribution is 0.661. The third kappa shape index (κ3) is 4.30. The van der Waals surface area contributed by atoms with Crippen LogP contribution in [-0.2, 0) is 5.41 Å². The Hall–Kier alpha value is -6.32. The first-order valence-electron chi connectivity index (χ1n) is 17.2. The van der Waals surface area contributed by atoms with Gasteiger partial charge in [-0.15, -0.1) is 0 Å². The maximum Gasteiger partial charge on any atom is 0.160 e. The highest BCUT2D eigenvalue weighted by Crippen LogP contribution is 2.53. The van der Waals surface area contributed by atoms with E-state index >= 15 is 0 Å². The van der Waals surface area contributed by atoms with Crippen LogP contribution in [0.4, 0.5) is 0 Å². The zero-order chi connectivity index (χ0) is 33.4. The van der Waals surface area contributed by atoms with Crippen molar-refractivity contribution in [2.24, 2.45) is 0 Å². The topological polar surface area (TPSA) is 38.9 Å². The fourth-order valence-corrected chi connectivity index (χ4v) is 8.03. The second-order valence-electron chi connectivity index (χ2n) is 13.8. The van der Waals surface area contributed by atoms with E-state index < -0.39 is 0 Å². The lowest BCUT2D eigenvalue weighted by Crippen LogP contribution is -2.14. The molecule has 0 amide bonds. The van der Waals surface area contributed by atoms with Crippen molar-refractivity contribution in [1.82, 2.24) is 9.97 Å². The Morgan fingerprint density at radius 1 is 0.460 bits per heavy atom. The van der Waals surface area contributed by atoms with Gasteiger partial charge in [-0.05, 0) is 62.9 Å². The fraction of sp³-hybridized carbons (Fsp3) is 0.0638. The molecule has 0 radical (unpaired) electrons. The summed E-state index contributed by atoms with van der Waals surface area (Å²) in [5, 5.41) is 4.73. The lowest BCUT2D eigenvalue weighted by Gasteiger charge is -2.22. The van der Waals surface area contributed by atoms with Gasteiger partial charge in [-0.3, -0.25) is 0 Å². The molecule has 2 heterocycles. The second kappa shape index (κ2) is 10.8. The van der Waals surface area contributed by atoms with Crippen LogP contribution in [0.2, 0.25) is 0 Å². The molecule has 0 N–H and O–H groups in total. The number of hydrogen-bond acceptors (Lipinski definition) is 3. The molecule has 2 aromatic heterocycles. The van der Waals surface area contributed by atoms with E-state index in [1.54, 1.807) is 0 Å². The average Bonchev–Trinajstić information content (AvgIpc) is 3.66. The predicted molar refractivity (Wildman–Crippen MR) is 206 cm³/mol. The van der Waals surface area contributed by atoms with Gasteiger partial charge < -0.3 is 4.42 Å². The molecule has 1 aliphatic carbocycles. The molecule has 0 atom stereocenters. The molecule has 0 aliphatic heterocycles. The van der Waals surface area contributed by atoms with Crippen LogP contribution in [0.3, 0.4) is 0 Å². The molecule has 0 saturated heterocycles. The first-order chi connectivity index (χ1) is 24.5. The maximum absolute atomic E-state index is 6.52. The molecule has 0 bridgehead atoms. The molecule has 50 heavy (non-hydrogen) atoms. The Morgan fingerprint density at radius 3 is 1.92 bits per heavy atom. The SMILES string of the molecule is CC1(C)c2cc3ccccc3cc2-c2c(-c3cc(-c4ccccc4-c4cccc5c4oc4ccccc45)nc(-c4ccccc4)n3)cccc21. The van der Waals surface area contributed by atoms with Crippen LogP contribution >= 0.6 is 0 Å². The Labute approximate surface area is 290 Å². The van der Waals surface area contributed by atoms with E-state index in [1.807, 2.05) is 30.3 Å². The molecule has 1 aliphatic rings. The summed E-state index contributed by atoms with van der Waals surface area (Å²) in [4.78, 5) is 10.6. The van der Waals surface area contributed by atoms with Gasteiger partial charge in [0.2, 0.25) is 0 Å². The maximum atomic E-state index is 6.52. The zero-order valence-corrected chi connectivity index (χ0v) is 27.8. The van der Waals surface area contributed by atoms with Crippen molar-refractivity contribution < 1.29 is 4.42 Å². The molecular weight excluding hydrogens is 609 g/mol. The summed E-state index contributed by atoms with van der Waals surface area (Å²) in [5.74, 6) is 0.698. The van der Waals surface area contributed by atoms with Crippen LogP contribution in [0.15, 0.2) is 162 Å². The fourth-order valence-electron chi connectivity index (χ4n) is 8.03. The van der Waals surface area contributed by atoms with Gasteiger partial charge in [0.1, 0.15) is 11.2 Å². The molecule has 3 nitrogen and oxygen atoms in total. The molecule has 0 fully saturated rings. The highest BCUT2D eigenvalue weighted by atomic mass is 16.3. The van der Waals surface area contributed by atoms with Crippen molar-refractivity contribution in [3.8, 4) is 56.2 Å². The third-order valence-electron chi connectivity index (χ3n) is 10.5. The molecule has 3 heteroatoms. The molecule has 0 unspecified atom stereocenters. The average molecular weight is 641 g/mol. The van der Waals surface area contributed by atoms with Gasteiger partial charge >= 0.3 is 0 Å². The van der Waals surface area contributed by atoms with Crippen LogP contribution in [0.25, 0.3) is 88.9 Å². The third-order valence-corrected chi connectivity index (χ3v) is 10.5. The Bertz CT molecular complexity index is 2790. The Morgan fingerprint density at radius 2 is 1.08 bits per heavy atom. The van der Waals surface area contributed by atoms with Crippen LogP contribution in [0, 0.1) is 0 Å². The van der Waals surface area contributed by atoms with E-state index in [9.17, 15) is 0 Å². The Balaban J connectivity index is 1.23. The van der Waals surface area contributed by atoms with Crippen molar-refractivity contribution in [3.63, 3.8) is 0 Å². The van der Waals surface area contributed by atoms with Crippen molar-refractivity contribution >= 4 is 32.7 Å². The number of aromatic nitrogens is 2. The zero-order valence-electron chi connectivity index (χ0n) is 27.8. The molecular formula is C47H32N2O. The van der Waals surface area contributed by atoms with Crippen molar-refractivity contribution in [2.45, 2.75) is 19.3 Å². The summed E-state index contributed by atoms with van der Waals surface area (Å²) in [7, 11) is 0. The summed E-state index contributed by atoms with van der Waals surface area (Å²) < 4.78 is 6.52. The molecule has 9 aromatic rings. The number of rotatable bonds is 4. The van der Waals surface area contributed by atoms with E-state index in [0.717, 1.165) is 61.1 Å². The van der Waals surface area contributed by atoms with Gasteiger partial charge in [0.05, 0.1) is 11.4 Å². The predicted octanol–water partition coefficient (Wildman–Crippen LogP) is 12.5. The van der Waals surface area contributed by atoms with Gasteiger partial charge in [0, 0.05) is 38.4 Å². The van der Waals surface area contributed by atoms with Crippen molar-refractivity contribution in [2.75, 3.05) is 0 Å². The summed E-state index contributed by atoms with van der Waals surface area (Å²) in [5.41, 5.74) is 13.8. The first kappa shape index (κ1) is 28.7. The minimum Gasteiger partial charge on any atom is -0.455 e. The molecule has 236 valence electrons. The summed E-state index contributed by atoms with van der Waals surface area (Å²) >= 11 is 0. The number of fused-ring (bicyclic) bond motifs is 7. The number of para-hydroxylation sites is 2. The molecule has 10 rings (SSSR count). The van der Waals surface area contributed by atoms with E-state index in [4.69, 9.17) is 14.4 Å². The minimum atomic E-state index is -0.152. The van der Waals surface area contributed by atoms with Gasteiger partial charge in [-0.1, -0.05) is 147 Å². The van der Waals surface area contributed by atoms with Crippen LogP contribution in [0.5, 0.6) is 0 Å². The largest absolute Gasteiger partial charge is 0.455 e.